The predicted octanol–water partition coefficient (Wildman–Crippen LogP) is 3.74. The minimum atomic E-state index is -0.379. The zero-order valence-electron chi connectivity index (χ0n) is 11.2. The molecule has 0 spiro atoms. The molecule has 0 unspecified atom stereocenters. The van der Waals surface area contributed by atoms with Crippen LogP contribution < -0.4 is 0 Å². The molecule has 21 heavy (non-hydrogen) atoms. The first-order valence-corrected chi connectivity index (χ1v) is 6.66. The van der Waals surface area contributed by atoms with E-state index in [9.17, 15) is 4.79 Å². The number of ether oxygens (including phenoxy) is 1. The zero-order chi connectivity index (χ0) is 14.8. The number of halogens is 1. The molecule has 0 amide bonds. The number of carbonyl (C=O) groups is 1. The smallest absolute Gasteiger partial charge is 0.337 e. The Morgan fingerprint density at radius 3 is 2.62 bits per heavy atom. The van der Waals surface area contributed by atoms with E-state index >= 15 is 0 Å². The molecule has 3 aromatic rings. The fourth-order valence-corrected chi connectivity index (χ4v) is 2.29. The van der Waals surface area contributed by atoms with Crippen molar-refractivity contribution in [2.24, 2.45) is 0 Å². The highest BCUT2D eigenvalue weighted by molar-refractivity contribution is 6.30. The molecule has 104 valence electrons. The summed E-state index contributed by atoms with van der Waals surface area (Å²) < 4.78 is 4.75. The van der Waals surface area contributed by atoms with Gasteiger partial charge in [0.2, 0.25) is 0 Å². The van der Waals surface area contributed by atoms with E-state index in [-0.39, 0.29) is 5.97 Å². The summed E-state index contributed by atoms with van der Waals surface area (Å²) in [7, 11) is 1.36. The van der Waals surface area contributed by atoms with Crippen LogP contribution in [0.4, 0.5) is 0 Å². The number of aromatic nitrogens is 2. The van der Waals surface area contributed by atoms with Gasteiger partial charge in [-0.2, -0.15) is 10.2 Å². The van der Waals surface area contributed by atoms with E-state index in [2.05, 4.69) is 10.2 Å². The number of hydrogen-bond acceptors (Lipinski definition) is 4. The molecule has 0 aliphatic heterocycles. The highest BCUT2D eigenvalue weighted by Crippen LogP contribution is 2.28. The third kappa shape index (κ3) is 2.58. The molecule has 0 aliphatic rings. The molecule has 0 saturated carbocycles. The van der Waals surface area contributed by atoms with Crippen LogP contribution in [0.15, 0.2) is 48.7 Å². The monoisotopic (exact) mass is 298 g/mol. The van der Waals surface area contributed by atoms with Gasteiger partial charge in [0.1, 0.15) is 0 Å². The Bertz CT molecular complexity index is 816. The summed E-state index contributed by atoms with van der Waals surface area (Å²) in [4.78, 5) is 11.7. The molecular weight excluding hydrogens is 288 g/mol. The van der Waals surface area contributed by atoms with Gasteiger partial charge in [-0.3, -0.25) is 0 Å². The van der Waals surface area contributed by atoms with Gasteiger partial charge in [-0.1, -0.05) is 23.7 Å². The van der Waals surface area contributed by atoms with Crippen molar-refractivity contribution in [2.45, 2.75) is 0 Å². The minimum absolute atomic E-state index is 0.379. The maximum Gasteiger partial charge on any atom is 0.337 e. The third-order valence-electron chi connectivity index (χ3n) is 3.22. The number of carbonyl (C=O) groups excluding carboxylic acids is 1. The fourth-order valence-electron chi connectivity index (χ4n) is 2.16. The van der Waals surface area contributed by atoms with Crippen molar-refractivity contribution in [3.8, 4) is 11.1 Å². The van der Waals surface area contributed by atoms with Crippen molar-refractivity contribution >= 4 is 28.5 Å². The minimum Gasteiger partial charge on any atom is -0.465 e. The van der Waals surface area contributed by atoms with Crippen molar-refractivity contribution in [1.29, 1.82) is 0 Å². The number of hydrogen-bond donors (Lipinski definition) is 0. The van der Waals surface area contributed by atoms with Crippen LogP contribution in [0.2, 0.25) is 5.02 Å². The van der Waals surface area contributed by atoms with Crippen LogP contribution in [0.5, 0.6) is 0 Å². The van der Waals surface area contributed by atoms with E-state index in [1.54, 1.807) is 24.4 Å². The van der Waals surface area contributed by atoms with Crippen molar-refractivity contribution < 1.29 is 9.53 Å². The van der Waals surface area contributed by atoms with Gasteiger partial charge in [-0.15, -0.1) is 0 Å². The highest BCUT2D eigenvalue weighted by Gasteiger charge is 2.10. The lowest BCUT2D eigenvalue weighted by Gasteiger charge is -2.07. The lowest BCUT2D eigenvalue weighted by atomic mass is 10.0. The molecule has 0 bridgehead atoms. The number of benzene rings is 2. The maximum absolute atomic E-state index is 11.7. The molecule has 1 heterocycles. The van der Waals surface area contributed by atoms with Crippen LogP contribution in [0, 0.1) is 0 Å². The molecule has 2 aromatic carbocycles. The average molecular weight is 299 g/mol. The molecule has 5 heteroatoms. The second-order valence-electron chi connectivity index (χ2n) is 4.49. The third-order valence-corrected chi connectivity index (χ3v) is 3.47. The zero-order valence-corrected chi connectivity index (χ0v) is 12.0. The number of rotatable bonds is 2. The second kappa shape index (κ2) is 5.50. The molecule has 0 atom stereocenters. The van der Waals surface area contributed by atoms with E-state index in [1.165, 1.54) is 7.11 Å². The summed E-state index contributed by atoms with van der Waals surface area (Å²) in [6.45, 7) is 0. The van der Waals surface area contributed by atoms with Crippen molar-refractivity contribution in [2.75, 3.05) is 7.11 Å². The van der Waals surface area contributed by atoms with E-state index in [0.717, 1.165) is 22.0 Å². The normalized spacial score (nSPS) is 10.6. The number of fused-ring (bicyclic) bond motifs is 1. The van der Waals surface area contributed by atoms with E-state index < -0.39 is 0 Å². The lowest BCUT2D eigenvalue weighted by Crippen LogP contribution is -2.01. The Kier molecular flexibility index (Phi) is 3.54. The second-order valence-corrected chi connectivity index (χ2v) is 4.93. The molecule has 1 aromatic heterocycles. The number of esters is 1. The Hall–Kier alpha value is -2.46. The Balaban J connectivity index is 2.22. The summed E-state index contributed by atoms with van der Waals surface area (Å²) in [6, 6.07) is 12.6. The summed E-state index contributed by atoms with van der Waals surface area (Å²) in [5.74, 6) is -0.379. The molecule has 4 nitrogen and oxygen atoms in total. The number of methoxy groups -OCH3 is 1. The van der Waals surface area contributed by atoms with Crippen LogP contribution in [0.25, 0.3) is 22.0 Å². The van der Waals surface area contributed by atoms with E-state index in [1.807, 2.05) is 24.3 Å². The summed E-state index contributed by atoms with van der Waals surface area (Å²) in [6.07, 6.45) is 1.67. The summed E-state index contributed by atoms with van der Waals surface area (Å²) >= 11 is 5.91. The Morgan fingerprint density at radius 2 is 1.90 bits per heavy atom. The van der Waals surface area contributed by atoms with Gasteiger partial charge < -0.3 is 4.74 Å². The molecular formula is C16H11ClN2O2. The van der Waals surface area contributed by atoms with Crippen molar-refractivity contribution in [3.63, 3.8) is 0 Å². The van der Waals surface area contributed by atoms with Gasteiger partial charge in [0.05, 0.1) is 24.4 Å². The molecule has 0 saturated heterocycles. The van der Waals surface area contributed by atoms with Crippen LogP contribution in [0.3, 0.4) is 0 Å². The first-order valence-electron chi connectivity index (χ1n) is 6.29. The van der Waals surface area contributed by atoms with Gasteiger partial charge in [0, 0.05) is 16.0 Å². The van der Waals surface area contributed by atoms with Crippen molar-refractivity contribution in [1.82, 2.24) is 10.2 Å². The van der Waals surface area contributed by atoms with Crippen LogP contribution in [-0.4, -0.2) is 23.3 Å². The van der Waals surface area contributed by atoms with Gasteiger partial charge in [0.15, 0.2) is 0 Å². The van der Waals surface area contributed by atoms with Crippen LogP contribution >= 0.6 is 11.6 Å². The first-order chi connectivity index (χ1) is 10.2. The standard InChI is InChI=1S/C16H11ClN2O2/c1-21-16(20)11-4-7-15-13(8-11)14(9-18-19-15)10-2-5-12(17)6-3-10/h2-9H,1H3. The van der Waals surface area contributed by atoms with Gasteiger partial charge in [-0.25, -0.2) is 4.79 Å². The molecule has 0 aliphatic carbocycles. The first kappa shape index (κ1) is 13.5. The lowest BCUT2D eigenvalue weighted by molar-refractivity contribution is 0.0601. The highest BCUT2D eigenvalue weighted by atomic mass is 35.5. The van der Waals surface area contributed by atoms with Gasteiger partial charge >= 0.3 is 5.97 Å². The quantitative estimate of drug-likeness (QED) is 0.676. The number of nitrogens with zero attached hydrogens (tertiary/aromatic N) is 2. The molecule has 3 rings (SSSR count). The maximum atomic E-state index is 11.7. The van der Waals surface area contributed by atoms with Crippen LogP contribution in [-0.2, 0) is 4.74 Å². The van der Waals surface area contributed by atoms with Crippen LogP contribution in [0.1, 0.15) is 10.4 Å². The summed E-state index contributed by atoms with van der Waals surface area (Å²) in [5, 5.41) is 9.60. The Labute approximate surface area is 126 Å². The topological polar surface area (TPSA) is 52.1 Å². The average Bonchev–Trinajstić information content (AvgIpc) is 2.54. The fraction of sp³-hybridized carbons (Fsp3) is 0.0625. The Morgan fingerprint density at radius 1 is 1.14 bits per heavy atom. The largest absolute Gasteiger partial charge is 0.465 e. The van der Waals surface area contributed by atoms with Crippen molar-refractivity contribution in [3.05, 3.63) is 59.2 Å². The van der Waals surface area contributed by atoms with Gasteiger partial charge in [-0.05, 0) is 35.9 Å². The molecule has 0 N–H and O–H groups in total. The predicted molar refractivity (Wildman–Crippen MR) is 81.3 cm³/mol. The summed E-state index contributed by atoms with van der Waals surface area (Å²) in [5.41, 5.74) is 3.05. The van der Waals surface area contributed by atoms with E-state index in [0.29, 0.717) is 10.6 Å². The molecule has 0 radical (unpaired) electrons. The molecule has 0 fully saturated rings. The SMILES string of the molecule is COC(=O)c1ccc2nncc(-c3ccc(Cl)cc3)c2c1. The van der Waals surface area contributed by atoms with Gasteiger partial charge in [0.25, 0.3) is 0 Å². The van der Waals surface area contributed by atoms with E-state index in [4.69, 9.17) is 16.3 Å².